The molecule has 1 aromatic rings. The minimum atomic E-state index is -3.66. The largest absolute Gasteiger partial charge is 0.497 e. The van der Waals surface area contributed by atoms with Crippen LogP contribution in [0.25, 0.3) is 0 Å². The fourth-order valence-corrected chi connectivity index (χ4v) is 4.52. The lowest BCUT2D eigenvalue weighted by atomic mass is 9.85. The molecule has 1 saturated carbocycles. The van der Waals surface area contributed by atoms with Crippen LogP contribution in [-0.2, 0) is 10.0 Å². The summed E-state index contributed by atoms with van der Waals surface area (Å²) in [5, 5.41) is 3.10. The fourth-order valence-electron chi connectivity index (χ4n) is 3.51. The maximum Gasteiger partial charge on any atom is 0.264 e. The average molecular weight is 366 g/mol. The number of ether oxygens (including phenoxy) is 1. The monoisotopic (exact) mass is 366 g/mol. The Morgan fingerprint density at radius 3 is 2.56 bits per heavy atom. The van der Waals surface area contributed by atoms with Gasteiger partial charge in [0.05, 0.1) is 25.3 Å². The number of sulfonamides is 1. The highest BCUT2D eigenvalue weighted by Gasteiger charge is 2.29. The van der Waals surface area contributed by atoms with Crippen LogP contribution in [0.3, 0.4) is 0 Å². The van der Waals surface area contributed by atoms with Crippen molar-refractivity contribution in [3.8, 4) is 5.75 Å². The molecule has 0 amide bonds. The molecule has 1 heterocycles. The van der Waals surface area contributed by atoms with Crippen LogP contribution < -0.4 is 14.8 Å². The Morgan fingerprint density at radius 2 is 1.96 bits per heavy atom. The predicted molar refractivity (Wildman–Crippen MR) is 96.9 cm³/mol. The van der Waals surface area contributed by atoms with Crippen LogP contribution in [0.1, 0.15) is 32.6 Å². The average Bonchev–Trinajstić information content (AvgIpc) is 2.63. The van der Waals surface area contributed by atoms with E-state index in [4.69, 9.17) is 4.74 Å². The molecule has 0 saturated heterocycles. The van der Waals surface area contributed by atoms with Crippen molar-refractivity contribution in [3.05, 3.63) is 24.3 Å². The molecular formula is C17H26N4O3S. The summed E-state index contributed by atoms with van der Waals surface area (Å²) in [5.74, 6) is 1.57. The molecule has 0 radical (unpaired) electrons. The predicted octanol–water partition coefficient (Wildman–Crippen LogP) is 1.73. The van der Waals surface area contributed by atoms with Gasteiger partial charge in [0, 0.05) is 6.04 Å². The Morgan fingerprint density at radius 1 is 1.24 bits per heavy atom. The SMILES string of the molecule is COc1ccc(S(=O)(=O)NC2=NCN([C@H]3CCCC[C@@H]3C)CN2)cc1. The Balaban J connectivity index is 1.63. The van der Waals surface area contributed by atoms with Gasteiger partial charge in [-0.25, -0.2) is 18.1 Å². The van der Waals surface area contributed by atoms with Crippen molar-refractivity contribution >= 4 is 16.0 Å². The normalized spacial score (nSPS) is 25.0. The first-order valence-corrected chi connectivity index (χ1v) is 10.2. The molecule has 1 aromatic carbocycles. The second kappa shape index (κ2) is 7.61. The van der Waals surface area contributed by atoms with Crippen molar-refractivity contribution < 1.29 is 13.2 Å². The number of hydrogen-bond donors (Lipinski definition) is 2. The molecule has 2 N–H and O–H groups in total. The molecule has 2 aliphatic rings. The standard InChI is InChI=1S/C17H26N4O3S/c1-13-5-3-4-6-16(13)21-11-18-17(19-12-21)20-25(22,23)15-9-7-14(24-2)8-10-15/h7-10,13,16H,3-6,11-12H2,1-2H3,(H2,18,19,20)/t13-,16-/m0/s1. The Hall–Kier alpha value is -1.80. The van der Waals surface area contributed by atoms with E-state index in [1.807, 2.05) is 0 Å². The Kier molecular flexibility index (Phi) is 5.48. The molecule has 1 aliphatic heterocycles. The maximum absolute atomic E-state index is 12.4. The van der Waals surface area contributed by atoms with E-state index in [0.717, 1.165) is 0 Å². The number of nitrogens with zero attached hydrogens (tertiary/aromatic N) is 2. The van der Waals surface area contributed by atoms with Gasteiger partial charge in [-0.3, -0.25) is 4.90 Å². The molecule has 8 heteroatoms. The molecule has 0 aromatic heterocycles. The summed E-state index contributed by atoms with van der Waals surface area (Å²) < 4.78 is 32.5. The lowest BCUT2D eigenvalue weighted by Gasteiger charge is -2.39. The summed E-state index contributed by atoms with van der Waals surface area (Å²) in [6.45, 7) is 3.41. The van der Waals surface area contributed by atoms with Gasteiger partial charge in [0.2, 0.25) is 5.96 Å². The summed E-state index contributed by atoms with van der Waals surface area (Å²) in [6, 6.07) is 6.79. The van der Waals surface area contributed by atoms with Gasteiger partial charge in [0.25, 0.3) is 10.0 Å². The summed E-state index contributed by atoms with van der Waals surface area (Å²) >= 11 is 0. The second-order valence-corrected chi connectivity index (χ2v) is 8.36. The molecule has 0 spiro atoms. The maximum atomic E-state index is 12.4. The third-order valence-electron chi connectivity index (χ3n) is 5.00. The lowest BCUT2D eigenvalue weighted by Crippen LogP contribution is -2.54. The molecule has 1 aliphatic carbocycles. The molecular weight excluding hydrogens is 340 g/mol. The molecule has 7 nitrogen and oxygen atoms in total. The van der Waals surface area contributed by atoms with E-state index >= 15 is 0 Å². The van der Waals surface area contributed by atoms with Crippen molar-refractivity contribution in [2.24, 2.45) is 10.9 Å². The summed E-state index contributed by atoms with van der Waals surface area (Å²) in [7, 11) is -2.11. The first kappa shape index (κ1) is 18.0. The van der Waals surface area contributed by atoms with Crippen LogP contribution in [0.2, 0.25) is 0 Å². The van der Waals surface area contributed by atoms with Crippen LogP contribution in [0.15, 0.2) is 34.2 Å². The highest BCUT2D eigenvalue weighted by molar-refractivity contribution is 7.90. The van der Waals surface area contributed by atoms with Crippen molar-refractivity contribution in [1.29, 1.82) is 0 Å². The number of hydrogen-bond acceptors (Lipinski definition) is 6. The van der Waals surface area contributed by atoms with Gasteiger partial charge in [0.15, 0.2) is 0 Å². The molecule has 0 unspecified atom stereocenters. The Bertz CT molecular complexity index is 718. The minimum absolute atomic E-state index is 0.182. The Labute approximate surface area is 149 Å². The number of benzene rings is 1. The van der Waals surface area contributed by atoms with Crippen LogP contribution in [0.5, 0.6) is 5.75 Å². The van der Waals surface area contributed by atoms with E-state index in [2.05, 4.69) is 26.9 Å². The van der Waals surface area contributed by atoms with Gasteiger partial charge in [-0.05, 0) is 43.0 Å². The zero-order valence-electron chi connectivity index (χ0n) is 14.7. The molecule has 1 fully saturated rings. The lowest BCUT2D eigenvalue weighted by molar-refractivity contribution is 0.106. The minimum Gasteiger partial charge on any atom is -0.497 e. The quantitative estimate of drug-likeness (QED) is 0.848. The third kappa shape index (κ3) is 4.24. The van der Waals surface area contributed by atoms with E-state index in [1.165, 1.54) is 37.8 Å². The van der Waals surface area contributed by atoms with Crippen LogP contribution in [0, 0.1) is 5.92 Å². The number of aliphatic imine (C=N–C) groups is 1. The van der Waals surface area contributed by atoms with Crippen LogP contribution >= 0.6 is 0 Å². The summed E-state index contributed by atoms with van der Waals surface area (Å²) in [4.78, 5) is 6.85. The van der Waals surface area contributed by atoms with Gasteiger partial charge in [-0.1, -0.05) is 19.8 Å². The van der Waals surface area contributed by atoms with Gasteiger partial charge in [-0.15, -0.1) is 0 Å². The number of rotatable bonds is 4. The van der Waals surface area contributed by atoms with E-state index in [-0.39, 0.29) is 4.90 Å². The van der Waals surface area contributed by atoms with E-state index in [9.17, 15) is 8.42 Å². The smallest absolute Gasteiger partial charge is 0.264 e. The first-order chi connectivity index (χ1) is 12.0. The topological polar surface area (TPSA) is 83.0 Å². The zero-order chi connectivity index (χ0) is 17.9. The summed E-state index contributed by atoms with van der Waals surface area (Å²) in [5.41, 5.74) is 0. The van der Waals surface area contributed by atoms with Crippen LogP contribution in [-0.4, -0.2) is 45.8 Å². The highest BCUT2D eigenvalue weighted by atomic mass is 32.2. The first-order valence-electron chi connectivity index (χ1n) is 8.69. The van der Waals surface area contributed by atoms with Crippen molar-refractivity contribution in [2.75, 3.05) is 20.4 Å². The van der Waals surface area contributed by atoms with Crippen molar-refractivity contribution in [2.45, 2.75) is 43.5 Å². The number of guanidine groups is 1. The zero-order valence-corrected chi connectivity index (χ0v) is 15.6. The molecule has 25 heavy (non-hydrogen) atoms. The van der Waals surface area contributed by atoms with Gasteiger partial charge in [-0.2, -0.15) is 0 Å². The van der Waals surface area contributed by atoms with Gasteiger partial charge >= 0.3 is 0 Å². The number of methoxy groups -OCH3 is 1. The van der Waals surface area contributed by atoms with E-state index < -0.39 is 10.0 Å². The molecule has 0 bridgehead atoms. The molecule has 138 valence electrons. The van der Waals surface area contributed by atoms with Crippen LogP contribution in [0.4, 0.5) is 0 Å². The number of nitrogens with one attached hydrogen (secondary N) is 2. The molecule has 3 rings (SSSR count). The van der Waals surface area contributed by atoms with Crippen molar-refractivity contribution in [1.82, 2.24) is 14.9 Å². The van der Waals surface area contributed by atoms with E-state index in [1.54, 1.807) is 19.2 Å². The van der Waals surface area contributed by atoms with Gasteiger partial charge < -0.3 is 10.1 Å². The highest BCUT2D eigenvalue weighted by Crippen LogP contribution is 2.28. The second-order valence-electron chi connectivity index (χ2n) is 6.68. The van der Waals surface area contributed by atoms with Crippen molar-refractivity contribution in [3.63, 3.8) is 0 Å². The fraction of sp³-hybridized carbons (Fsp3) is 0.588. The summed E-state index contributed by atoms with van der Waals surface area (Å²) in [6.07, 6.45) is 4.99. The molecule has 2 atom stereocenters. The third-order valence-corrected chi connectivity index (χ3v) is 6.35. The van der Waals surface area contributed by atoms with Gasteiger partial charge in [0.1, 0.15) is 5.75 Å². The van der Waals surface area contributed by atoms with E-state index in [0.29, 0.717) is 37.0 Å².